The molecule has 5 heteroatoms. The van der Waals surface area contributed by atoms with Gasteiger partial charge < -0.3 is 15.0 Å². The second kappa shape index (κ2) is 9.60. The molecule has 0 aromatic heterocycles. The molecule has 1 aromatic rings. The molecule has 26 heavy (non-hydrogen) atoms. The third-order valence-electron chi connectivity index (χ3n) is 5.46. The van der Waals surface area contributed by atoms with Crippen LogP contribution in [0.1, 0.15) is 50.7 Å². The Morgan fingerprint density at radius 1 is 1.19 bits per heavy atom. The van der Waals surface area contributed by atoms with E-state index in [9.17, 15) is 9.59 Å². The van der Waals surface area contributed by atoms with Gasteiger partial charge in [0.2, 0.25) is 5.91 Å². The van der Waals surface area contributed by atoms with Crippen LogP contribution in [-0.4, -0.2) is 42.5 Å². The third-order valence-corrected chi connectivity index (χ3v) is 5.46. The van der Waals surface area contributed by atoms with Gasteiger partial charge in [-0.2, -0.15) is 0 Å². The first-order valence-electron chi connectivity index (χ1n) is 9.73. The average molecular weight is 360 g/mol. The molecule has 0 atom stereocenters. The van der Waals surface area contributed by atoms with Gasteiger partial charge in [0, 0.05) is 25.0 Å². The highest BCUT2D eigenvalue weighted by molar-refractivity contribution is 5.79. The summed E-state index contributed by atoms with van der Waals surface area (Å²) in [5, 5.41) is 3.14. The molecule has 1 fully saturated rings. The standard InChI is InChI=1S/C21H32N2O3/c1-5-17(6-2)21(25)22-18-10-12-23(13-11-18)20(24)14-26-19-9-7-8-15(3)16(19)4/h7-9,17-18H,5-6,10-14H2,1-4H3,(H,22,25). The van der Waals surface area contributed by atoms with Gasteiger partial charge in [0.15, 0.2) is 6.61 Å². The minimum Gasteiger partial charge on any atom is -0.483 e. The van der Waals surface area contributed by atoms with Crippen LogP contribution in [0.4, 0.5) is 0 Å². The SMILES string of the molecule is CCC(CC)C(=O)NC1CCN(C(=O)COc2cccc(C)c2C)CC1. The van der Waals surface area contributed by atoms with E-state index in [1.165, 1.54) is 0 Å². The number of nitrogens with one attached hydrogen (secondary N) is 1. The van der Waals surface area contributed by atoms with Crippen molar-refractivity contribution in [3.05, 3.63) is 29.3 Å². The smallest absolute Gasteiger partial charge is 0.260 e. The van der Waals surface area contributed by atoms with Crippen LogP contribution < -0.4 is 10.1 Å². The van der Waals surface area contributed by atoms with E-state index in [1.54, 1.807) is 0 Å². The first kappa shape index (κ1) is 20.3. The van der Waals surface area contributed by atoms with Gasteiger partial charge in [0.05, 0.1) is 0 Å². The van der Waals surface area contributed by atoms with Gasteiger partial charge in [-0.25, -0.2) is 0 Å². The highest BCUT2D eigenvalue weighted by Gasteiger charge is 2.25. The Hall–Kier alpha value is -2.04. The fraction of sp³-hybridized carbons (Fsp3) is 0.619. The van der Waals surface area contributed by atoms with Crippen LogP contribution in [0.3, 0.4) is 0 Å². The molecule has 0 radical (unpaired) electrons. The molecular formula is C21H32N2O3. The van der Waals surface area contributed by atoms with Crippen LogP contribution in [0.25, 0.3) is 0 Å². The zero-order valence-electron chi connectivity index (χ0n) is 16.5. The normalized spacial score (nSPS) is 15.2. The van der Waals surface area contributed by atoms with Gasteiger partial charge >= 0.3 is 0 Å². The second-order valence-corrected chi connectivity index (χ2v) is 7.16. The van der Waals surface area contributed by atoms with E-state index in [2.05, 4.69) is 5.32 Å². The summed E-state index contributed by atoms with van der Waals surface area (Å²) in [7, 11) is 0. The number of ether oxygens (including phenoxy) is 1. The van der Waals surface area contributed by atoms with Gasteiger partial charge in [0.25, 0.3) is 5.91 Å². The van der Waals surface area contributed by atoms with Crippen molar-refractivity contribution in [3.63, 3.8) is 0 Å². The highest BCUT2D eigenvalue weighted by Crippen LogP contribution is 2.21. The number of benzene rings is 1. The van der Waals surface area contributed by atoms with E-state index in [4.69, 9.17) is 4.74 Å². The molecule has 1 saturated heterocycles. The van der Waals surface area contributed by atoms with Crippen molar-refractivity contribution < 1.29 is 14.3 Å². The number of likely N-dealkylation sites (tertiary alicyclic amines) is 1. The number of amides is 2. The second-order valence-electron chi connectivity index (χ2n) is 7.16. The van der Waals surface area contributed by atoms with Crippen molar-refractivity contribution in [2.45, 2.75) is 59.4 Å². The van der Waals surface area contributed by atoms with Crippen molar-refractivity contribution in [3.8, 4) is 5.75 Å². The van der Waals surface area contributed by atoms with Crippen LogP contribution in [0, 0.1) is 19.8 Å². The van der Waals surface area contributed by atoms with Crippen LogP contribution in [-0.2, 0) is 9.59 Å². The largest absolute Gasteiger partial charge is 0.483 e. The van der Waals surface area contributed by atoms with Crippen LogP contribution in [0.5, 0.6) is 5.75 Å². The first-order valence-corrected chi connectivity index (χ1v) is 9.73. The number of piperidine rings is 1. The number of hydrogen-bond donors (Lipinski definition) is 1. The molecular weight excluding hydrogens is 328 g/mol. The first-order chi connectivity index (χ1) is 12.5. The Balaban J connectivity index is 1.77. The van der Waals surface area contributed by atoms with E-state index in [0.29, 0.717) is 13.1 Å². The summed E-state index contributed by atoms with van der Waals surface area (Å²) in [6.45, 7) is 9.53. The van der Waals surface area contributed by atoms with Gasteiger partial charge in [-0.05, 0) is 56.7 Å². The maximum Gasteiger partial charge on any atom is 0.260 e. The summed E-state index contributed by atoms with van der Waals surface area (Å²) < 4.78 is 5.72. The van der Waals surface area contributed by atoms with Crippen LogP contribution in [0.15, 0.2) is 18.2 Å². The maximum absolute atomic E-state index is 12.4. The summed E-state index contributed by atoms with van der Waals surface area (Å²) in [6.07, 6.45) is 3.35. The number of hydrogen-bond acceptors (Lipinski definition) is 3. The Labute approximate surface area is 157 Å². The number of carbonyl (C=O) groups excluding carboxylic acids is 2. The van der Waals surface area contributed by atoms with Gasteiger partial charge in [-0.15, -0.1) is 0 Å². The summed E-state index contributed by atoms with van der Waals surface area (Å²) in [4.78, 5) is 26.4. The summed E-state index contributed by atoms with van der Waals surface area (Å²) in [5.41, 5.74) is 2.23. The predicted octanol–water partition coefficient (Wildman–Crippen LogP) is 3.23. The summed E-state index contributed by atoms with van der Waals surface area (Å²) in [5.74, 6) is 1.03. The fourth-order valence-corrected chi connectivity index (χ4v) is 3.36. The monoisotopic (exact) mass is 360 g/mol. The van der Waals surface area contributed by atoms with Crippen molar-refractivity contribution in [1.82, 2.24) is 10.2 Å². The molecule has 1 heterocycles. The molecule has 1 aromatic carbocycles. The Bertz CT molecular complexity index is 618. The Morgan fingerprint density at radius 2 is 1.85 bits per heavy atom. The zero-order chi connectivity index (χ0) is 19.1. The number of aryl methyl sites for hydroxylation is 1. The fourth-order valence-electron chi connectivity index (χ4n) is 3.36. The molecule has 0 saturated carbocycles. The third kappa shape index (κ3) is 5.23. The average Bonchev–Trinajstić information content (AvgIpc) is 2.64. The van der Waals surface area contributed by atoms with Crippen molar-refractivity contribution in [2.24, 2.45) is 5.92 Å². The molecule has 1 aliphatic rings. The summed E-state index contributed by atoms with van der Waals surface area (Å²) >= 11 is 0. The van der Waals surface area contributed by atoms with Gasteiger partial charge in [-0.1, -0.05) is 26.0 Å². The van der Waals surface area contributed by atoms with Crippen molar-refractivity contribution >= 4 is 11.8 Å². The number of rotatable bonds is 7. The van der Waals surface area contributed by atoms with E-state index in [-0.39, 0.29) is 30.4 Å². The Morgan fingerprint density at radius 3 is 2.46 bits per heavy atom. The van der Waals surface area contributed by atoms with E-state index in [0.717, 1.165) is 42.6 Å². The Kier molecular flexibility index (Phi) is 7.49. The molecule has 1 N–H and O–H groups in total. The zero-order valence-corrected chi connectivity index (χ0v) is 16.5. The predicted molar refractivity (Wildman–Crippen MR) is 103 cm³/mol. The molecule has 144 valence electrons. The lowest BCUT2D eigenvalue weighted by molar-refractivity contribution is -0.134. The van der Waals surface area contributed by atoms with E-state index >= 15 is 0 Å². The highest BCUT2D eigenvalue weighted by atomic mass is 16.5. The van der Waals surface area contributed by atoms with Crippen LogP contribution in [0.2, 0.25) is 0 Å². The minimum atomic E-state index is 0.00988. The topological polar surface area (TPSA) is 58.6 Å². The van der Waals surface area contributed by atoms with Gasteiger partial charge in [-0.3, -0.25) is 9.59 Å². The lowest BCUT2D eigenvalue weighted by Gasteiger charge is -2.33. The molecule has 2 amide bonds. The number of nitrogens with zero attached hydrogens (tertiary/aromatic N) is 1. The van der Waals surface area contributed by atoms with Crippen LogP contribution >= 0.6 is 0 Å². The lowest BCUT2D eigenvalue weighted by atomic mass is 10.00. The molecule has 0 bridgehead atoms. The molecule has 0 spiro atoms. The minimum absolute atomic E-state index is 0.00988. The molecule has 0 unspecified atom stereocenters. The van der Waals surface area contributed by atoms with Crippen molar-refractivity contribution in [2.75, 3.05) is 19.7 Å². The maximum atomic E-state index is 12.4. The summed E-state index contributed by atoms with van der Waals surface area (Å²) in [6, 6.07) is 6.04. The lowest BCUT2D eigenvalue weighted by Crippen LogP contribution is -2.48. The van der Waals surface area contributed by atoms with E-state index in [1.807, 2.05) is 50.8 Å². The molecule has 1 aliphatic heterocycles. The van der Waals surface area contributed by atoms with Crippen molar-refractivity contribution in [1.29, 1.82) is 0 Å². The van der Waals surface area contributed by atoms with Gasteiger partial charge in [0.1, 0.15) is 5.75 Å². The quantitative estimate of drug-likeness (QED) is 0.812. The molecule has 5 nitrogen and oxygen atoms in total. The molecule has 2 rings (SSSR count). The number of carbonyl (C=O) groups is 2. The van der Waals surface area contributed by atoms with E-state index < -0.39 is 0 Å². The molecule has 0 aliphatic carbocycles.